The first-order valence-electron chi connectivity index (χ1n) is 9.43. The zero-order valence-electron chi connectivity index (χ0n) is 16.5. The van der Waals surface area contributed by atoms with Gasteiger partial charge in [0.2, 0.25) is 11.3 Å². The molecule has 7 heteroatoms. The molecule has 0 bridgehead atoms. The van der Waals surface area contributed by atoms with Crippen LogP contribution in [0, 0.1) is 0 Å². The standard InChI is InChI=1S/C22H21N3O4/c1-4-25-13-16(20(26)15-8-6-7-9-17(15)25)22-23-21(24-29-22)14-10-11-18(28-5-2)19(12-14)27-3/h6-13H,4-5H2,1-3H3. The van der Waals surface area contributed by atoms with Crippen molar-refractivity contribution in [3.05, 3.63) is 58.9 Å². The molecule has 148 valence electrons. The number of aryl methyl sites for hydroxylation is 1. The van der Waals surface area contributed by atoms with E-state index in [0.717, 1.165) is 5.52 Å². The minimum Gasteiger partial charge on any atom is -0.493 e. The summed E-state index contributed by atoms with van der Waals surface area (Å²) in [6, 6.07) is 12.9. The lowest BCUT2D eigenvalue weighted by Gasteiger charge is -2.09. The van der Waals surface area contributed by atoms with Gasteiger partial charge in [0.15, 0.2) is 11.5 Å². The fourth-order valence-corrected chi connectivity index (χ4v) is 3.29. The lowest BCUT2D eigenvalue weighted by molar-refractivity contribution is 0.311. The number of hydrogen-bond donors (Lipinski definition) is 0. The maximum Gasteiger partial charge on any atom is 0.263 e. The highest BCUT2D eigenvalue weighted by Crippen LogP contribution is 2.32. The SMILES string of the molecule is CCOc1ccc(-c2noc(-c3cn(CC)c4ccccc4c3=O)n2)cc1OC. The molecule has 7 nitrogen and oxygen atoms in total. The number of nitrogens with zero attached hydrogens (tertiary/aromatic N) is 3. The highest BCUT2D eigenvalue weighted by Gasteiger charge is 2.18. The molecule has 0 saturated carbocycles. The Hall–Kier alpha value is -3.61. The fraction of sp³-hybridized carbons (Fsp3) is 0.227. The summed E-state index contributed by atoms with van der Waals surface area (Å²) in [5.74, 6) is 1.78. The van der Waals surface area contributed by atoms with E-state index in [1.165, 1.54) is 0 Å². The fourth-order valence-electron chi connectivity index (χ4n) is 3.29. The number of benzene rings is 2. The maximum atomic E-state index is 13.0. The molecule has 0 atom stereocenters. The van der Waals surface area contributed by atoms with Crippen molar-refractivity contribution >= 4 is 10.9 Å². The van der Waals surface area contributed by atoms with Gasteiger partial charge in [0.25, 0.3) is 5.89 Å². The quantitative estimate of drug-likeness (QED) is 0.491. The van der Waals surface area contributed by atoms with Crippen molar-refractivity contribution < 1.29 is 14.0 Å². The molecular weight excluding hydrogens is 370 g/mol. The van der Waals surface area contributed by atoms with Gasteiger partial charge in [0.1, 0.15) is 5.56 Å². The van der Waals surface area contributed by atoms with Gasteiger partial charge in [0, 0.05) is 23.7 Å². The summed E-state index contributed by atoms with van der Waals surface area (Å²) >= 11 is 0. The van der Waals surface area contributed by atoms with Gasteiger partial charge in [-0.1, -0.05) is 17.3 Å². The molecule has 0 N–H and O–H groups in total. The van der Waals surface area contributed by atoms with Gasteiger partial charge in [-0.15, -0.1) is 0 Å². The van der Waals surface area contributed by atoms with Crippen molar-refractivity contribution in [2.24, 2.45) is 0 Å². The van der Waals surface area contributed by atoms with Crippen LogP contribution in [0.5, 0.6) is 11.5 Å². The van der Waals surface area contributed by atoms with Gasteiger partial charge in [-0.05, 0) is 44.2 Å². The summed E-state index contributed by atoms with van der Waals surface area (Å²) < 4.78 is 18.4. The summed E-state index contributed by atoms with van der Waals surface area (Å²) in [4.78, 5) is 17.4. The third-order valence-corrected chi connectivity index (χ3v) is 4.71. The first-order chi connectivity index (χ1) is 14.2. The number of fused-ring (bicyclic) bond motifs is 1. The monoisotopic (exact) mass is 391 g/mol. The Balaban J connectivity index is 1.79. The molecule has 4 aromatic rings. The van der Waals surface area contributed by atoms with Crippen molar-refractivity contribution in [3.63, 3.8) is 0 Å². The van der Waals surface area contributed by atoms with Gasteiger partial charge in [0.05, 0.1) is 19.2 Å². The molecule has 4 rings (SSSR count). The summed E-state index contributed by atoms with van der Waals surface area (Å²) in [7, 11) is 1.57. The molecule has 0 aliphatic rings. The van der Waals surface area contributed by atoms with Gasteiger partial charge >= 0.3 is 0 Å². The Morgan fingerprint density at radius 1 is 1.10 bits per heavy atom. The molecular formula is C22H21N3O4. The van der Waals surface area contributed by atoms with E-state index in [0.29, 0.717) is 47.0 Å². The van der Waals surface area contributed by atoms with Crippen molar-refractivity contribution in [3.8, 4) is 34.3 Å². The average molecular weight is 391 g/mol. The Morgan fingerprint density at radius 2 is 1.93 bits per heavy atom. The molecule has 0 saturated heterocycles. The Bertz CT molecular complexity index is 1230. The van der Waals surface area contributed by atoms with Gasteiger partial charge in [-0.25, -0.2) is 0 Å². The molecule has 2 aromatic heterocycles. The number of methoxy groups -OCH3 is 1. The van der Waals surface area contributed by atoms with Crippen molar-refractivity contribution in [2.75, 3.05) is 13.7 Å². The Morgan fingerprint density at radius 3 is 2.69 bits per heavy atom. The second kappa shape index (κ2) is 7.79. The van der Waals surface area contributed by atoms with Crippen LogP contribution in [-0.2, 0) is 6.54 Å². The van der Waals surface area contributed by atoms with Crippen LogP contribution in [-0.4, -0.2) is 28.4 Å². The van der Waals surface area contributed by atoms with E-state index in [4.69, 9.17) is 14.0 Å². The predicted octanol–water partition coefficient (Wildman–Crippen LogP) is 4.15. The largest absolute Gasteiger partial charge is 0.493 e. The predicted molar refractivity (Wildman–Crippen MR) is 110 cm³/mol. The highest BCUT2D eigenvalue weighted by atomic mass is 16.5. The van der Waals surface area contributed by atoms with Crippen molar-refractivity contribution in [2.45, 2.75) is 20.4 Å². The third-order valence-electron chi connectivity index (χ3n) is 4.71. The van der Waals surface area contributed by atoms with Crippen LogP contribution >= 0.6 is 0 Å². The molecule has 0 aliphatic heterocycles. The molecule has 0 fully saturated rings. The first-order valence-corrected chi connectivity index (χ1v) is 9.43. The summed E-state index contributed by atoms with van der Waals surface area (Å²) in [5.41, 5.74) is 1.82. The van der Waals surface area contributed by atoms with Crippen LogP contribution in [0.2, 0.25) is 0 Å². The molecule has 0 unspecified atom stereocenters. The van der Waals surface area contributed by atoms with Gasteiger partial charge in [-0.3, -0.25) is 4.79 Å². The number of aromatic nitrogens is 3. The lowest BCUT2D eigenvalue weighted by atomic mass is 10.1. The summed E-state index contributed by atoms with van der Waals surface area (Å²) in [5, 5.41) is 4.68. The van der Waals surface area contributed by atoms with Crippen LogP contribution in [0.1, 0.15) is 13.8 Å². The van der Waals surface area contributed by atoms with E-state index in [9.17, 15) is 4.79 Å². The second-order valence-electron chi connectivity index (χ2n) is 6.40. The lowest BCUT2D eigenvalue weighted by Crippen LogP contribution is -2.11. The minimum atomic E-state index is -0.134. The summed E-state index contributed by atoms with van der Waals surface area (Å²) in [6.07, 6.45) is 1.76. The molecule has 0 amide bonds. The topological polar surface area (TPSA) is 79.4 Å². The number of hydrogen-bond acceptors (Lipinski definition) is 6. The van der Waals surface area contributed by atoms with Crippen molar-refractivity contribution in [1.82, 2.24) is 14.7 Å². The van der Waals surface area contributed by atoms with Crippen molar-refractivity contribution in [1.29, 1.82) is 0 Å². The minimum absolute atomic E-state index is 0.134. The van der Waals surface area contributed by atoms with E-state index in [-0.39, 0.29) is 11.3 Å². The number of para-hydroxylation sites is 1. The van der Waals surface area contributed by atoms with E-state index in [2.05, 4.69) is 10.1 Å². The number of ether oxygens (including phenoxy) is 2. The third kappa shape index (κ3) is 3.35. The van der Waals surface area contributed by atoms with Gasteiger partial charge < -0.3 is 18.6 Å². The molecule has 2 heterocycles. The zero-order chi connectivity index (χ0) is 20.4. The van der Waals surface area contributed by atoms with Crippen LogP contribution < -0.4 is 14.9 Å². The number of rotatable bonds is 6. The van der Waals surface area contributed by atoms with Gasteiger partial charge in [-0.2, -0.15) is 4.98 Å². The normalized spacial score (nSPS) is 11.0. The van der Waals surface area contributed by atoms with Crippen LogP contribution in [0.4, 0.5) is 0 Å². The zero-order valence-corrected chi connectivity index (χ0v) is 16.5. The highest BCUT2D eigenvalue weighted by molar-refractivity contribution is 5.82. The van der Waals surface area contributed by atoms with E-state index >= 15 is 0 Å². The molecule has 0 aliphatic carbocycles. The molecule has 0 spiro atoms. The van der Waals surface area contributed by atoms with Crippen LogP contribution in [0.3, 0.4) is 0 Å². The van der Waals surface area contributed by atoms with E-state index in [1.54, 1.807) is 25.4 Å². The van der Waals surface area contributed by atoms with Crippen LogP contribution in [0.25, 0.3) is 33.7 Å². The summed E-state index contributed by atoms with van der Waals surface area (Å²) in [6.45, 7) is 5.18. The average Bonchev–Trinajstić information content (AvgIpc) is 3.25. The second-order valence-corrected chi connectivity index (χ2v) is 6.40. The number of pyridine rings is 1. The Labute approximate surface area is 167 Å². The first kappa shape index (κ1) is 18.7. The maximum absolute atomic E-state index is 13.0. The smallest absolute Gasteiger partial charge is 0.263 e. The van der Waals surface area contributed by atoms with E-state index in [1.807, 2.05) is 48.7 Å². The molecule has 29 heavy (non-hydrogen) atoms. The Kier molecular flexibility index (Phi) is 5.03. The molecule has 0 radical (unpaired) electrons. The molecule has 2 aromatic carbocycles. The van der Waals surface area contributed by atoms with Crippen LogP contribution in [0.15, 0.2) is 58.0 Å². The van der Waals surface area contributed by atoms with E-state index < -0.39 is 0 Å².